The zero-order chi connectivity index (χ0) is 20.8. The summed E-state index contributed by atoms with van der Waals surface area (Å²) in [5.74, 6) is 1.52. The molecule has 1 heterocycles. The monoisotopic (exact) mass is 462 g/mol. The molecule has 0 spiro atoms. The number of benzene rings is 2. The van der Waals surface area contributed by atoms with E-state index in [1.165, 1.54) is 0 Å². The minimum atomic E-state index is -0.318. The Balaban J connectivity index is 1.91. The van der Waals surface area contributed by atoms with Crippen LogP contribution in [0.2, 0.25) is 0 Å². The number of carbonyl (C=O) groups excluding carboxylic acids is 1. The molecule has 0 saturated carbocycles. The quantitative estimate of drug-likeness (QED) is 0.474. The van der Waals surface area contributed by atoms with Crippen molar-refractivity contribution in [2.24, 2.45) is 0 Å². The first-order chi connectivity index (χ1) is 14.0. The summed E-state index contributed by atoms with van der Waals surface area (Å²) in [6.45, 7) is 2.29. The van der Waals surface area contributed by atoms with Crippen LogP contribution in [0.3, 0.4) is 0 Å². The third-order valence-corrected chi connectivity index (χ3v) is 4.96. The highest BCUT2D eigenvalue weighted by molar-refractivity contribution is 9.10. The van der Waals surface area contributed by atoms with Crippen molar-refractivity contribution >= 4 is 32.9 Å². The van der Waals surface area contributed by atoms with Gasteiger partial charge in [-0.2, -0.15) is 0 Å². The number of hydrogen-bond acceptors (Lipinski definition) is 6. The maximum atomic E-state index is 11.9. The lowest BCUT2D eigenvalue weighted by atomic mass is 10.1. The number of rotatable bonds is 9. The summed E-state index contributed by atoms with van der Waals surface area (Å²) in [7, 11) is 1.57. The molecule has 0 atom stereocenters. The van der Waals surface area contributed by atoms with E-state index in [1.54, 1.807) is 32.2 Å². The van der Waals surface area contributed by atoms with Crippen molar-refractivity contribution in [3.05, 3.63) is 57.8 Å². The van der Waals surface area contributed by atoms with E-state index >= 15 is 0 Å². The Bertz CT molecular complexity index is 994. The zero-order valence-electron chi connectivity index (χ0n) is 16.4. The van der Waals surface area contributed by atoms with E-state index in [0.29, 0.717) is 35.9 Å². The third kappa shape index (κ3) is 5.10. The molecular weight excluding hydrogens is 440 g/mol. The van der Waals surface area contributed by atoms with Gasteiger partial charge in [-0.05, 0) is 31.2 Å². The van der Waals surface area contributed by atoms with Gasteiger partial charge in [-0.1, -0.05) is 22.0 Å². The van der Waals surface area contributed by atoms with Crippen LogP contribution in [0.5, 0.6) is 11.5 Å². The smallest absolute Gasteiger partial charge is 0.310 e. The number of halogens is 1. The number of furan rings is 1. The van der Waals surface area contributed by atoms with Gasteiger partial charge in [0.1, 0.15) is 29.4 Å². The average molecular weight is 463 g/mol. The maximum absolute atomic E-state index is 11.9. The van der Waals surface area contributed by atoms with E-state index in [4.69, 9.17) is 18.6 Å². The Morgan fingerprint density at radius 3 is 2.76 bits per heavy atom. The van der Waals surface area contributed by atoms with E-state index < -0.39 is 0 Å². The number of aliphatic hydroxyl groups excluding tert-OH is 1. The van der Waals surface area contributed by atoms with Crippen LogP contribution < -0.4 is 9.47 Å². The van der Waals surface area contributed by atoms with Crippen LogP contribution in [0.15, 0.2) is 45.3 Å². The second kappa shape index (κ2) is 9.80. The van der Waals surface area contributed by atoms with Gasteiger partial charge < -0.3 is 23.7 Å². The molecule has 1 N–H and O–H groups in total. The predicted molar refractivity (Wildman–Crippen MR) is 112 cm³/mol. The van der Waals surface area contributed by atoms with E-state index in [2.05, 4.69) is 15.9 Å². The van der Waals surface area contributed by atoms with Crippen LogP contribution in [0.25, 0.3) is 11.0 Å². The van der Waals surface area contributed by atoms with Gasteiger partial charge in [-0.15, -0.1) is 0 Å². The molecule has 0 unspecified atom stereocenters. The Morgan fingerprint density at radius 1 is 1.21 bits per heavy atom. The van der Waals surface area contributed by atoms with Gasteiger partial charge in [0.25, 0.3) is 0 Å². The number of ether oxygens (including phenoxy) is 3. The molecule has 2 aromatic carbocycles. The molecule has 0 aliphatic heterocycles. The lowest BCUT2D eigenvalue weighted by Crippen LogP contribution is -2.09. The minimum Gasteiger partial charge on any atom is -0.497 e. The van der Waals surface area contributed by atoms with Crippen LogP contribution in [0, 0.1) is 0 Å². The van der Waals surface area contributed by atoms with Gasteiger partial charge in [-0.3, -0.25) is 4.79 Å². The number of methoxy groups -OCH3 is 1. The average Bonchev–Trinajstić information content (AvgIpc) is 3.04. The maximum Gasteiger partial charge on any atom is 0.310 e. The summed E-state index contributed by atoms with van der Waals surface area (Å²) >= 11 is 3.48. The fourth-order valence-electron chi connectivity index (χ4n) is 3.09. The van der Waals surface area contributed by atoms with Crippen molar-refractivity contribution in [3.63, 3.8) is 0 Å². The summed E-state index contributed by atoms with van der Waals surface area (Å²) in [4.78, 5) is 11.9. The van der Waals surface area contributed by atoms with E-state index in [0.717, 1.165) is 21.0 Å². The van der Waals surface area contributed by atoms with Crippen molar-refractivity contribution in [2.45, 2.75) is 26.4 Å². The normalized spacial score (nSPS) is 10.9. The van der Waals surface area contributed by atoms with Crippen molar-refractivity contribution in [1.29, 1.82) is 0 Å². The van der Waals surface area contributed by atoms with Crippen molar-refractivity contribution < 1.29 is 28.5 Å². The minimum absolute atomic E-state index is 0.0265. The molecular formula is C22H23BrO6. The molecule has 154 valence electrons. The van der Waals surface area contributed by atoms with Crippen molar-refractivity contribution in [1.82, 2.24) is 0 Å². The number of esters is 1. The molecule has 0 saturated heterocycles. The van der Waals surface area contributed by atoms with Gasteiger partial charge in [0, 0.05) is 33.5 Å². The van der Waals surface area contributed by atoms with E-state index in [9.17, 15) is 9.90 Å². The zero-order valence-corrected chi connectivity index (χ0v) is 18.0. The molecule has 3 rings (SSSR count). The molecule has 0 aliphatic carbocycles. The van der Waals surface area contributed by atoms with Gasteiger partial charge >= 0.3 is 5.97 Å². The van der Waals surface area contributed by atoms with Gasteiger partial charge in [-0.25, -0.2) is 0 Å². The second-order valence-corrected chi connectivity index (χ2v) is 7.28. The highest BCUT2D eigenvalue weighted by atomic mass is 79.9. The molecule has 0 fully saturated rings. The topological polar surface area (TPSA) is 78.1 Å². The SMILES string of the molecule is CCOC(=O)Cc1ccc(OC)cc1OCc1c(CCO)oc2ccc(Br)cc12. The van der Waals surface area contributed by atoms with E-state index in [-0.39, 0.29) is 25.6 Å². The third-order valence-electron chi connectivity index (χ3n) is 4.46. The van der Waals surface area contributed by atoms with Crippen molar-refractivity contribution in [3.8, 4) is 11.5 Å². The molecule has 1 aromatic heterocycles. The Hall–Kier alpha value is -2.51. The Kier molecular flexibility index (Phi) is 7.17. The van der Waals surface area contributed by atoms with Crippen LogP contribution in [-0.2, 0) is 29.0 Å². The first-order valence-corrected chi connectivity index (χ1v) is 10.1. The summed E-state index contributed by atoms with van der Waals surface area (Å²) in [5, 5.41) is 10.3. The number of aliphatic hydroxyl groups is 1. The fraction of sp³-hybridized carbons (Fsp3) is 0.318. The van der Waals surface area contributed by atoms with Gasteiger partial charge in [0.05, 0.1) is 26.7 Å². The molecule has 0 bridgehead atoms. The standard InChI is InChI=1S/C22H23BrO6/c1-3-27-22(25)10-14-4-6-16(26-2)12-21(14)28-13-18-17-11-15(23)5-7-19(17)29-20(18)8-9-24/h4-7,11-12,24H,3,8-10,13H2,1-2H3. The molecule has 3 aromatic rings. The van der Waals surface area contributed by atoms with Gasteiger partial charge in [0.15, 0.2) is 0 Å². The first kappa shape index (κ1) is 21.2. The number of carbonyl (C=O) groups is 1. The van der Waals surface area contributed by atoms with Crippen LogP contribution in [0.4, 0.5) is 0 Å². The predicted octanol–water partition coefficient (Wildman–Crippen LogP) is 4.42. The van der Waals surface area contributed by atoms with Crippen LogP contribution in [0.1, 0.15) is 23.8 Å². The summed E-state index contributed by atoms with van der Waals surface area (Å²) < 4.78 is 23.3. The summed E-state index contributed by atoms with van der Waals surface area (Å²) in [6.07, 6.45) is 0.493. The molecule has 0 aliphatic rings. The van der Waals surface area contributed by atoms with Gasteiger partial charge in [0.2, 0.25) is 0 Å². The highest BCUT2D eigenvalue weighted by Crippen LogP contribution is 2.32. The van der Waals surface area contributed by atoms with Crippen LogP contribution >= 0.6 is 15.9 Å². The lowest BCUT2D eigenvalue weighted by molar-refractivity contribution is -0.142. The lowest BCUT2D eigenvalue weighted by Gasteiger charge is -2.13. The number of hydrogen-bond donors (Lipinski definition) is 1. The van der Waals surface area contributed by atoms with Crippen molar-refractivity contribution in [2.75, 3.05) is 20.3 Å². The molecule has 7 heteroatoms. The molecule has 6 nitrogen and oxygen atoms in total. The molecule has 29 heavy (non-hydrogen) atoms. The fourth-order valence-corrected chi connectivity index (χ4v) is 3.45. The van der Waals surface area contributed by atoms with E-state index in [1.807, 2.05) is 18.2 Å². The summed E-state index contributed by atoms with van der Waals surface area (Å²) in [6, 6.07) is 11.1. The molecule has 0 radical (unpaired) electrons. The Morgan fingerprint density at radius 2 is 2.03 bits per heavy atom. The second-order valence-electron chi connectivity index (χ2n) is 6.36. The first-order valence-electron chi connectivity index (χ1n) is 9.31. The largest absolute Gasteiger partial charge is 0.497 e. The molecule has 0 amide bonds. The summed E-state index contributed by atoms with van der Waals surface area (Å²) in [5.41, 5.74) is 2.30. The number of fused-ring (bicyclic) bond motifs is 1. The highest BCUT2D eigenvalue weighted by Gasteiger charge is 2.17. The Labute approximate surface area is 177 Å². The van der Waals surface area contributed by atoms with Crippen LogP contribution in [-0.4, -0.2) is 31.4 Å².